The number of allylic oxidation sites excluding steroid dienone is 1. The first-order valence-electron chi connectivity index (χ1n) is 3.97. The Morgan fingerprint density at radius 3 is 2.73 bits per heavy atom. The molecule has 0 N–H and O–H groups in total. The summed E-state index contributed by atoms with van der Waals surface area (Å²) >= 11 is 0. The van der Waals surface area contributed by atoms with E-state index >= 15 is 0 Å². The Morgan fingerprint density at radius 1 is 1.36 bits per heavy atom. The summed E-state index contributed by atoms with van der Waals surface area (Å²) < 4.78 is 0. The zero-order valence-corrected chi connectivity index (χ0v) is 7.28. The van der Waals surface area contributed by atoms with Gasteiger partial charge in [0.15, 0.2) is 0 Å². The topological polar surface area (TPSA) is 24.7 Å². The Labute approximate surface area is 67.8 Å². The molecule has 0 fully saturated rings. The predicted molar refractivity (Wildman–Crippen MR) is 49.4 cm³/mol. The van der Waals surface area contributed by atoms with E-state index in [4.69, 9.17) is 0 Å². The van der Waals surface area contributed by atoms with Crippen LogP contribution >= 0.6 is 0 Å². The molecule has 0 bridgehead atoms. The van der Waals surface area contributed by atoms with Gasteiger partial charge in [-0.2, -0.15) is 0 Å². The normalized spacial score (nSPS) is 23.6. The molecule has 11 heavy (non-hydrogen) atoms. The summed E-state index contributed by atoms with van der Waals surface area (Å²) in [6.07, 6.45) is 5.62. The van der Waals surface area contributed by atoms with Gasteiger partial charge in [-0.1, -0.05) is 13.8 Å². The van der Waals surface area contributed by atoms with E-state index < -0.39 is 0 Å². The molecular weight excluding hydrogens is 136 g/mol. The highest BCUT2D eigenvalue weighted by Crippen LogP contribution is 2.13. The summed E-state index contributed by atoms with van der Waals surface area (Å²) in [6, 6.07) is 0.273. The van der Waals surface area contributed by atoms with Gasteiger partial charge >= 0.3 is 0 Å². The van der Waals surface area contributed by atoms with Crippen molar-refractivity contribution < 1.29 is 0 Å². The molecule has 1 heterocycles. The highest BCUT2D eigenvalue weighted by molar-refractivity contribution is 6.16. The van der Waals surface area contributed by atoms with Crippen molar-refractivity contribution in [1.29, 1.82) is 0 Å². The molecule has 60 valence electrons. The van der Waals surface area contributed by atoms with Crippen LogP contribution in [0.25, 0.3) is 0 Å². The molecular formula is C9H14N2. The van der Waals surface area contributed by atoms with Gasteiger partial charge in [-0.25, -0.2) is 0 Å². The molecule has 1 rings (SSSR count). The lowest BCUT2D eigenvalue weighted by molar-refractivity contribution is 0.744. The lowest BCUT2D eigenvalue weighted by Gasteiger charge is -2.05. The number of nitrogens with zero attached hydrogens (tertiary/aromatic N) is 2. The lowest BCUT2D eigenvalue weighted by atomic mass is 10.1. The fourth-order valence-electron chi connectivity index (χ4n) is 0.968. The maximum atomic E-state index is 4.26. The van der Waals surface area contributed by atoms with Gasteiger partial charge in [0.1, 0.15) is 0 Å². The SMILES string of the molecule is CC1C=C(C(C)C)N=CC=N1. The van der Waals surface area contributed by atoms with Gasteiger partial charge in [-0.3, -0.25) is 9.98 Å². The van der Waals surface area contributed by atoms with Crippen LogP contribution in [0.4, 0.5) is 0 Å². The first-order valence-corrected chi connectivity index (χ1v) is 3.97. The molecule has 0 radical (unpaired) electrons. The molecule has 0 amide bonds. The molecule has 0 aromatic rings. The third-order valence-corrected chi connectivity index (χ3v) is 1.61. The van der Waals surface area contributed by atoms with Crippen molar-refractivity contribution in [1.82, 2.24) is 0 Å². The molecule has 2 nitrogen and oxygen atoms in total. The van der Waals surface area contributed by atoms with Gasteiger partial charge in [-0.05, 0) is 18.9 Å². The van der Waals surface area contributed by atoms with Crippen LogP contribution < -0.4 is 0 Å². The number of hydrogen-bond donors (Lipinski definition) is 0. The van der Waals surface area contributed by atoms with Crippen molar-refractivity contribution in [3.8, 4) is 0 Å². The van der Waals surface area contributed by atoms with Crippen LogP contribution in [-0.2, 0) is 0 Å². The zero-order chi connectivity index (χ0) is 8.27. The molecule has 0 aromatic carbocycles. The van der Waals surface area contributed by atoms with Crippen LogP contribution in [0.5, 0.6) is 0 Å². The second-order valence-corrected chi connectivity index (χ2v) is 3.06. The monoisotopic (exact) mass is 150 g/mol. The molecule has 0 saturated carbocycles. The van der Waals surface area contributed by atoms with E-state index in [2.05, 4.69) is 36.8 Å². The van der Waals surface area contributed by atoms with Crippen molar-refractivity contribution >= 4 is 12.4 Å². The molecule has 1 aliphatic heterocycles. The van der Waals surface area contributed by atoms with Crippen LogP contribution in [0.1, 0.15) is 20.8 Å². The number of aliphatic imine (C=N–C) groups is 2. The first-order chi connectivity index (χ1) is 5.20. The molecule has 0 saturated heterocycles. The van der Waals surface area contributed by atoms with Gasteiger partial charge in [0.2, 0.25) is 0 Å². The molecule has 2 heteroatoms. The van der Waals surface area contributed by atoms with Crippen LogP contribution in [0, 0.1) is 5.92 Å². The van der Waals surface area contributed by atoms with E-state index in [1.54, 1.807) is 12.4 Å². The van der Waals surface area contributed by atoms with Crippen molar-refractivity contribution in [3.05, 3.63) is 11.8 Å². The summed E-state index contributed by atoms with van der Waals surface area (Å²) in [5, 5.41) is 0. The zero-order valence-electron chi connectivity index (χ0n) is 7.28. The average molecular weight is 150 g/mol. The minimum Gasteiger partial charge on any atom is -0.284 e. The standard InChI is InChI=1S/C9H14N2/c1-7(2)9-6-8(3)10-4-5-11-9/h4-8H,1-3H3. The van der Waals surface area contributed by atoms with E-state index in [9.17, 15) is 0 Å². The Kier molecular flexibility index (Phi) is 2.58. The molecule has 0 spiro atoms. The van der Waals surface area contributed by atoms with Crippen LogP contribution in [0.2, 0.25) is 0 Å². The third kappa shape index (κ3) is 2.30. The molecule has 1 atom stereocenters. The van der Waals surface area contributed by atoms with E-state index in [1.807, 2.05) is 0 Å². The summed E-state index contributed by atoms with van der Waals surface area (Å²) in [4.78, 5) is 8.47. The van der Waals surface area contributed by atoms with Crippen LogP contribution in [0.3, 0.4) is 0 Å². The largest absolute Gasteiger partial charge is 0.284 e. The van der Waals surface area contributed by atoms with Crippen LogP contribution in [-0.4, -0.2) is 18.5 Å². The highest BCUT2D eigenvalue weighted by Gasteiger charge is 2.04. The lowest BCUT2D eigenvalue weighted by Crippen LogP contribution is -1.96. The maximum absolute atomic E-state index is 4.26. The van der Waals surface area contributed by atoms with Gasteiger partial charge in [0, 0.05) is 18.1 Å². The fourth-order valence-corrected chi connectivity index (χ4v) is 0.968. The van der Waals surface area contributed by atoms with E-state index in [-0.39, 0.29) is 6.04 Å². The molecule has 1 aliphatic rings. The second kappa shape index (κ2) is 3.46. The maximum Gasteiger partial charge on any atom is 0.0672 e. The minimum absolute atomic E-state index is 0.273. The van der Waals surface area contributed by atoms with Gasteiger partial charge in [0.25, 0.3) is 0 Å². The van der Waals surface area contributed by atoms with Crippen molar-refractivity contribution in [2.75, 3.05) is 0 Å². The quantitative estimate of drug-likeness (QED) is 0.546. The fraction of sp³-hybridized carbons (Fsp3) is 0.556. The Morgan fingerprint density at radius 2 is 2.09 bits per heavy atom. The smallest absolute Gasteiger partial charge is 0.0672 e. The summed E-state index contributed by atoms with van der Waals surface area (Å²) in [6.45, 7) is 6.34. The number of hydrogen-bond acceptors (Lipinski definition) is 2. The van der Waals surface area contributed by atoms with E-state index in [1.165, 1.54) is 0 Å². The van der Waals surface area contributed by atoms with Crippen LogP contribution in [0.15, 0.2) is 21.8 Å². The summed E-state index contributed by atoms with van der Waals surface area (Å²) in [5.74, 6) is 0.496. The van der Waals surface area contributed by atoms with Gasteiger partial charge < -0.3 is 0 Å². The van der Waals surface area contributed by atoms with Gasteiger partial charge in [-0.15, -0.1) is 0 Å². The molecule has 0 aromatic heterocycles. The summed E-state index contributed by atoms with van der Waals surface area (Å²) in [7, 11) is 0. The predicted octanol–water partition coefficient (Wildman–Crippen LogP) is 2.07. The van der Waals surface area contributed by atoms with Crippen molar-refractivity contribution in [3.63, 3.8) is 0 Å². The average Bonchev–Trinajstić information content (AvgIpc) is 2.13. The first kappa shape index (κ1) is 8.18. The Hall–Kier alpha value is -0.920. The van der Waals surface area contributed by atoms with Gasteiger partial charge in [0.05, 0.1) is 6.04 Å². The Bertz CT molecular complexity index is 212. The minimum atomic E-state index is 0.273. The van der Waals surface area contributed by atoms with Crippen molar-refractivity contribution in [2.45, 2.75) is 26.8 Å². The van der Waals surface area contributed by atoms with E-state index in [0.717, 1.165) is 5.70 Å². The van der Waals surface area contributed by atoms with E-state index in [0.29, 0.717) is 5.92 Å². The number of rotatable bonds is 1. The third-order valence-electron chi connectivity index (χ3n) is 1.61. The Balaban J connectivity index is 2.80. The summed E-state index contributed by atoms with van der Waals surface area (Å²) in [5.41, 5.74) is 1.13. The molecule has 0 aliphatic carbocycles. The highest BCUT2D eigenvalue weighted by atomic mass is 14.8. The molecule has 1 unspecified atom stereocenters. The van der Waals surface area contributed by atoms with Crippen molar-refractivity contribution in [2.24, 2.45) is 15.9 Å². The second-order valence-electron chi connectivity index (χ2n) is 3.06.